The SMILES string of the molecule is COc1cc(CCNc2ncnc3c2sc2nc4c(cc23)COC(C)(C)C4)ccc1F. The average Bonchev–Trinajstić information content (AvgIpc) is 3.11. The molecule has 4 heterocycles. The summed E-state index contributed by atoms with van der Waals surface area (Å²) in [6.45, 7) is 5.41. The van der Waals surface area contributed by atoms with Crippen molar-refractivity contribution in [2.24, 2.45) is 0 Å². The number of hydrogen-bond acceptors (Lipinski definition) is 7. The maximum absolute atomic E-state index is 13.6. The number of anilines is 1. The smallest absolute Gasteiger partial charge is 0.165 e. The zero-order valence-corrected chi connectivity index (χ0v) is 18.5. The predicted octanol–water partition coefficient (Wildman–Crippen LogP) is 4.89. The predicted molar refractivity (Wildman–Crippen MR) is 120 cm³/mol. The minimum Gasteiger partial charge on any atom is -0.494 e. The first kappa shape index (κ1) is 20.1. The number of thiophene rings is 1. The zero-order valence-electron chi connectivity index (χ0n) is 17.7. The van der Waals surface area contributed by atoms with Crippen LogP contribution in [-0.2, 0) is 24.2 Å². The summed E-state index contributed by atoms with van der Waals surface area (Å²) in [4.78, 5) is 14.9. The second kappa shape index (κ2) is 7.69. The average molecular weight is 439 g/mol. The minimum atomic E-state index is -0.356. The summed E-state index contributed by atoms with van der Waals surface area (Å²) in [5, 5.41) is 4.44. The third-order valence-electron chi connectivity index (χ3n) is 5.55. The molecule has 0 saturated carbocycles. The Balaban J connectivity index is 1.42. The maximum atomic E-state index is 13.6. The third kappa shape index (κ3) is 3.81. The fourth-order valence-corrected chi connectivity index (χ4v) is 4.99. The molecule has 5 rings (SSSR count). The second-order valence-corrected chi connectivity index (χ2v) is 9.32. The summed E-state index contributed by atoms with van der Waals surface area (Å²) in [6, 6.07) is 7.09. The van der Waals surface area contributed by atoms with Gasteiger partial charge in [-0.1, -0.05) is 6.07 Å². The van der Waals surface area contributed by atoms with Gasteiger partial charge in [-0.3, -0.25) is 0 Å². The number of halogens is 1. The lowest BCUT2D eigenvalue weighted by atomic mass is 9.95. The Morgan fingerprint density at radius 2 is 2.13 bits per heavy atom. The topological polar surface area (TPSA) is 69.2 Å². The van der Waals surface area contributed by atoms with Crippen LogP contribution < -0.4 is 10.1 Å². The van der Waals surface area contributed by atoms with Crippen LogP contribution >= 0.6 is 11.3 Å². The highest BCUT2D eigenvalue weighted by atomic mass is 32.1. The number of rotatable bonds is 5. The van der Waals surface area contributed by atoms with Crippen LogP contribution in [0.4, 0.5) is 10.2 Å². The van der Waals surface area contributed by atoms with E-state index in [0.717, 1.165) is 49.5 Å². The number of aromatic nitrogens is 3. The molecule has 160 valence electrons. The number of ether oxygens (including phenoxy) is 2. The monoisotopic (exact) mass is 438 g/mol. The van der Waals surface area contributed by atoms with Crippen LogP contribution in [0.25, 0.3) is 20.4 Å². The van der Waals surface area contributed by atoms with Gasteiger partial charge in [0.25, 0.3) is 0 Å². The molecule has 1 N–H and O–H groups in total. The van der Waals surface area contributed by atoms with Gasteiger partial charge < -0.3 is 14.8 Å². The van der Waals surface area contributed by atoms with Crippen molar-refractivity contribution in [3.05, 3.63) is 53.2 Å². The van der Waals surface area contributed by atoms with Gasteiger partial charge >= 0.3 is 0 Å². The van der Waals surface area contributed by atoms with Gasteiger partial charge in [-0.05, 0) is 44.0 Å². The molecule has 8 heteroatoms. The Morgan fingerprint density at radius 1 is 1.26 bits per heavy atom. The first-order valence-corrected chi connectivity index (χ1v) is 11.0. The molecule has 0 aliphatic carbocycles. The van der Waals surface area contributed by atoms with Crippen LogP contribution in [0, 0.1) is 5.82 Å². The van der Waals surface area contributed by atoms with Gasteiger partial charge in [-0.2, -0.15) is 0 Å². The Hall–Kier alpha value is -2.84. The fourth-order valence-electron chi connectivity index (χ4n) is 3.90. The van der Waals surface area contributed by atoms with Crippen LogP contribution in [0.1, 0.15) is 30.7 Å². The van der Waals surface area contributed by atoms with E-state index in [1.807, 2.05) is 0 Å². The summed E-state index contributed by atoms with van der Waals surface area (Å²) >= 11 is 1.61. The number of methoxy groups -OCH3 is 1. The van der Waals surface area contributed by atoms with Crippen molar-refractivity contribution in [3.63, 3.8) is 0 Å². The van der Waals surface area contributed by atoms with Crippen molar-refractivity contribution >= 4 is 37.6 Å². The van der Waals surface area contributed by atoms with E-state index >= 15 is 0 Å². The number of pyridine rings is 1. The van der Waals surface area contributed by atoms with E-state index in [9.17, 15) is 4.39 Å². The molecule has 0 bridgehead atoms. The van der Waals surface area contributed by atoms with Crippen LogP contribution in [0.3, 0.4) is 0 Å². The Bertz CT molecular complexity index is 1290. The van der Waals surface area contributed by atoms with Crippen LogP contribution in [-0.4, -0.2) is 34.2 Å². The summed E-state index contributed by atoms with van der Waals surface area (Å²) in [5.74, 6) is 0.691. The van der Waals surface area contributed by atoms with Crippen molar-refractivity contribution < 1.29 is 13.9 Å². The van der Waals surface area contributed by atoms with Gasteiger partial charge in [0.2, 0.25) is 0 Å². The molecule has 0 amide bonds. The molecule has 1 aliphatic rings. The van der Waals surface area contributed by atoms with Crippen molar-refractivity contribution in [2.45, 2.75) is 38.9 Å². The molecule has 0 saturated heterocycles. The molecular weight excluding hydrogens is 415 g/mol. The van der Waals surface area contributed by atoms with E-state index in [1.165, 1.54) is 13.2 Å². The molecule has 6 nitrogen and oxygen atoms in total. The Morgan fingerprint density at radius 3 is 2.97 bits per heavy atom. The standard InChI is InChI=1S/C23H23FN4O2S/c1-23(2)10-17-14(11-30-23)9-15-19-20(31-22(15)28-17)21(27-12-26-19)25-7-6-13-4-5-16(24)18(8-13)29-3/h4-5,8-9,12H,6-7,10-11H2,1-3H3,(H,25,26,27). The van der Waals surface area contributed by atoms with Crippen LogP contribution in [0.5, 0.6) is 5.75 Å². The first-order chi connectivity index (χ1) is 14.9. The molecule has 0 unspecified atom stereocenters. The lowest BCUT2D eigenvalue weighted by Crippen LogP contribution is -2.32. The van der Waals surface area contributed by atoms with E-state index in [0.29, 0.717) is 19.6 Å². The molecule has 31 heavy (non-hydrogen) atoms. The Kier molecular flexibility index (Phi) is 4.98. The first-order valence-electron chi connectivity index (χ1n) is 10.2. The van der Waals surface area contributed by atoms with Gasteiger partial charge in [0.05, 0.1) is 35.2 Å². The minimum absolute atomic E-state index is 0.195. The zero-order chi connectivity index (χ0) is 21.6. The van der Waals surface area contributed by atoms with Gasteiger partial charge in [0, 0.05) is 23.9 Å². The quantitative estimate of drug-likeness (QED) is 0.478. The number of nitrogens with one attached hydrogen (secondary N) is 1. The number of hydrogen-bond donors (Lipinski definition) is 1. The lowest BCUT2D eigenvalue weighted by Gasteiger charge is -2.30. The van der Waals surface area contributed by atoms with Crippen molar-refractivity contribution in [1.82, 2.24) is 15.0 Å². The van der Waals surface area contributed by atoms with Crippen molar-refractivity contribution in [2.75, 3.05) is 19.0 Å². The maximum Gasteiger partial charge on any atom is 0.165 e. The lowest BCUT2D eigenvalue weighted by molar-refractivity contribution is -0.0411. The largest absolute Gasteiger partial charge is 0.494 e. The summed E-state index contributed by atoms with van der Waals surface area (Å²) in [5.41, 5.74) is 3.93. The number of benzene rings is 1. The Labute approximate surface area is 183 Å². The van der Waals surface area contributed by atoms with Gasteiger partial charge in [0.15, 0.2) is 11.6 Å². The van der Waals surface area contributed by atoms with E-state index in [1.54, 1.807) is 29.8 Å². The van der Waals surface area contributed by atoms with E-state index in [4.69, 9.17) is 14.5 Å². The molecule has 4 aromatic rings. The highest BCUT2D eigenvalue weighted by molar-refractivity contribution is 7.25. The number of nitrogens with zero attached hydrogens (tertiary/aromatic N) is 3. The van der Waals surface area contributed by atoms with Gasteiger partial charge in [0.1, 0.15) is 17.0 Å². The molecule has 3 aromatic heterocycles. The van der Waals surface area contributed by atoms with E-state index in [2.05, 4.69) is 35.2 Å². The molecular formula is C23H23FN4O2S. The summed E-state index contributed by atoms with van der Waals surface area (Å²) in [6.07, 6.45) is 3.09. The number of fused-ring (bicyclic) bond motifs is 4. The molecule has 0 radical (unpaired) electrons. The van der Waals surface area contributed by atoms with Crippen molar-refractivity contribution in [1.29, 1.82) is 0 Å². The van der Waals surface area contributed by atoms with Crippen LogP contribution in [0.15, 0.2) is 30.6 Å². The van der Waals surface area contributed by atoms with Gasteiger partial charge in [-0.15, -0.1) is 11.3 Å². The molecule has 1 aromatic carbocycles. The highest BCUT2D eigenvalue weighted by Crippen LogP contribution is 2.38. The van der Waals surface area contributed by atoms with E-state index < -0.39 is 0 Å². The molecule has 1 aliphatic heterocycles. The highest BCUT2D eigenvalue weighted by Gasteiger charge is 2.28. The normalized spacial score (nSPS) is 15.2. The summed E-state index contributed by atoms with van der Waals surface area (Å²) in [7, 11) is 1.47. The van der Waals surface area contributed by atoms with Gasteiger partial charge in [-0.25, -0.2) is 19.3 Å². The molecule has 0 fully saturated rings. The molecule has 0 spiro atoms. The fraction of sp³-hybridized carbons (Fsp3) is 0.348. The second-order valence-electron chi connectivity index (χ2n) is 8.32. The van der Waals surface area contributed by atoms with Crippen LogP contribution in [0.2, 0.25) is 0 Å². The van der Waals surface area contributed by atoms with Crippen molar-refractivity contribution in [3.8, 4) is 5.75 Å². The molecule has 0 atom stereocenters. The van der Waals surface area contributed by atoms with E-state index in [-0.39, 0.29) is 17.2 Å². The third-order valence-corrected chi connectivity index (χ3v) is 6.64. The summed E-state index contributed by atoms with van der Waals surface area (Å²) < 4.78 is 25.6.